The average Bonchev–Trinajstić information content (AvgIpc) is 3.06. The number of hydrogen-bond donors (Lipinski definition) is 0. The van der Waals surface area contributed by atoms with Gasteiger partial charge < -0.3 is 29.2 Å². The van der Waals surface area contributed by atoms with Crippen LogP contribution in [0, 0.1) is 12.5 Å². The maximum Gasteiger partial charge on any atom is 0.318 e. The molecule has 0 bridgehead atoms. The summed E-state index contributed by atoms with van der Waals surface area (Å²) in [7, 11) is 4.32. The molecule has 3 aliphatic rings. The van der Waals surface area contributed by atoms with Gasteiger partial charge >= 0.3 is 6.01 Å². The normalized spacial score (nSPS) is 22.0. The average molecular weight is 594 g/mol. The molecular weight excluding hydrogens is 550 g/mol. The van der Waals surface area contributed by atoms with Crippen molar-refractivity contribution < 1.29 is 9.53 Å². The summed E-state index contributed by atoms with van der Waals surface area (Å²) in [6.07, 6.45) is 6.97. The molecule has 6 rings (SSSR count). The van der Waals surface area contributed by atoms with Crippen LogP contribution in [0.4, 0.5) is 11.5 Å². The number of carbonyl (C=O) groups is 1. The number of piperazine rings is 1. The second-order valence-corrected chi connectivity index (χ2v) is 12.5. The molecule has 3 atom stereocenters. The summed E-state index contributed by atoms with van der Waals surface area (Å²) in [6.45, 7) is 15.3. The second-order valence-electron chi connectivity index (χ2n) is 12.5. The van der Waals surface area contributed by atoms with Crippen LogP contribution < -0.4 is 14.5 Å². The predicted molar refractivity (Wildman–Crippen MR) is 175 cm³/mol. The summed E-state index contributed by atoms with van der Waals surface area (Å²) in [5, 5.41) is 2.46. The van der Waals surface area contributed by atoms with Crippen molar-refractivity contribution in [3.05, 3.63) is 77.8 Å². The Labute approximate surface area is 260 Å². The number of fused-ring (bicyclic) bond motifs is 2. The minimum Gasteiger partial charge on any atom is -0.463 e. The molecule has 3 heterocycles. The molecule has 0 spiro atoms. The highest BCUT2D eigenvalue weighted by molar-refractivity contribution is 5.94. The van der Waals surface area contributed by atoms with Crippen LogP contribution in [0.5, 0.6) is 6.01 Å². The molecule has 3 unspecified atom stereocenters. The molecule has 1 saturated heterocycles. The molecule has 3 aromatic rings. The van der Waals surface area contributed by atoms with Crippen LogP contribution in [-0.4, -0.2) is 91.2 Å². The number of ether oxygens (including phenoxy) is 1. The topological polar surface area (TPSA) is 69.4 Å². The van der Waals surface area contributed by atoms with Gasteiger partial charge in [-0.05, 0) is 50.9 Å². The van der Waals surface area contributed by atoms with Crippen LogP contribution in [0.1, 0.15) is 36.9 Å². The quantitative estimate of drug-likeness (QED) is 0.274. The fourth-order valence-corrected chi connectivity index (χ4v) is 7.36. The van der Waals surface area contributed by atoms with Crippen molar-refractivity contribution in [2.75, 3.05) is 63.2 Å². The van der Waals surface area contributed by atoms with Gasteiger partial charge in [-0.3, -0.25) is 4.79 Å². The minimum absolute atomic E-state index is 0.124. The van der Waals surface area contributed by atoms with E-state index in [0.717, 1.165) is 36.5 Å². The Morgan fingerprint density at radius 2 is 1.91 bits per heavy atom. The zero-order valence-electron chi connectivity index (χ0n) is 26.0. The Hall–Kier alpha value is -4.16. The Kier molecular flexibility index (Phi) is 8.99. The van der Waals surface area contributed by atoms with Crippen molar-refractivity contribution >= 4 is 28.2 Å². The molecule has 1 aromatic heterocycles. The molecule has 0 N–H and O–H groups in total. The molecule has 9 heteroatoms. The number of benzene rings is 2. The third-order valence-corrected chi connectivity index (χ3v) is 9.63. The lowest BCUT2D eigenvalue weighted by Gasteiger charge is -2.41. The molecule has 1 saturated carbocycles. The van der Waals surface area contributed by atoms with Gasteiger partial charge in [-0.2, -0.15) is 9.97 Å². The predicted octanol–water partition coefficient (Wildman–Crippen LogP) is 4.81. The highest BCUT2D eigenvalue weighted by atomic mass is 16.5. The number of nitrogens with zero attached hydrogens (tertiary/aromatic N) is 7. The van der Waals surface area contributed by atoms with Crippen molar-refractivity contribution in [3.8, 4) is 6.01 Å². The van der Waals surface area contributed by atoms with Gasteiger partial charge in [0.2, 0.25) is 12.5 Å². The second kappa shape index (κ2) is 13.2. The summed E-state index contributed by atoms with van der Waals surface area (Å²) < 4.78 is 6.47. The number of amides is 1. The highest BCUT2D eigenvalue weighted by Gasteiger charge is 2.35. The van der Waals surface area contributed by atoms with Crippen molar-refractivity contribution in [3.63, 3.8) is 0 Å². The Balaban J connectivity index is 1.32. The Morgan fingerprint density at radius 1 is 1.09 bits per heavy atom. The lowest BCUT2D eigenvalue weighted by molar-refractivity contribution is -0.128. The third-order valence-electron chi connectivity index (χ3n) is 9.63. The van der Waals surface area contributed by atoms with Crippen molar-refractivity contribution in [1.82, 2.24) is 19.8 Å². The first-order valence-electron chi connectivity index (χ1n) is 15.9. The maximum absolute atomic E-state index is 12.6. The molecular formula is C35H43N7O2. The fourth-order valence-electron chi connectivity index (χ4n) is 7.36. The molecule has 2 fully saturated rings. The van der Waals surface area contributed by atoms with E-state index >= 15 is 0 Å². The first kappa shape index (κ1) is 29.9. The van der Waals surface area contributed by atoms with Gasteiger partial charge in [0.1, 0.15) is 11.9 Å². The lowest BCUT2D eigenvalue weighted by Crippen LogP contribution is -2.56. The van der Waals surface area contributed by atoms with Crippen molar-refractivity contribution in [2.24, 2.45) is 5.92 Å². The van der Waals surface area contributed by atoms with E-state index in [9.17, 15) is 4.79 Å². The molecule has 1 aliphatic carbocycles. The van der Waals surface area contributed by atoms with E-state index in [1.165, 1.54) is 41.8 Å². The number of carbonyl (C=O) groups excluding carboxylic acids is 1. The van der Waals surface area contributed by atoms with Gasteiger partial charge in [0, 0.05) is 54.8 Å². The molecule has 0 radical (unpaired) electrons. The van der Waals surface area contributed by atoms with E-state index in [-0.39, 0.29) is 18.5 Å². The van der Waals surface area contributed by atoms with Gasteiger partial charge in [0.25, 0.3) is 0 Å². The molecule has 9 nitrogen and oxygen atoms in total. The van der Waals surface area contributed by atoms with Crippen molar-refractivity contribution in [2.45, 2.75) is 50.7 Å². The third kappa shape index (κ3) is 6.09. The zero-order valence-corrected chi connectivity index (χ0v) is 26.0. The van der Waals surface area contributed by atoms with E-state index in [1.807, 2.05) is 0 Å². The van der Waals surface area contributed by atoms with Crippen LogP contribution >= 0.6 is 0 Å². The van der Waals surface area contributed by atoms with E-state index in [2.05, 4.69) is 82.7 Å². The van der Waals surface area contributed by atoms with E-state index < -0.39 is 0 Å². The smallest absolute Gasteiger partial charge is 0.318 e. The minimum atomic E-state index is -0.222. The monoisotopic (exact) mass is 593 g/mol. The molecule has 2 aromatic carbocycles. The molecule has 1 amide bonds. The summed E-state index contributed by atoms with van der Waals surface area (Å²) >= 11 is 0. The fraction of sp³-hybridized carbons (Fsp3) is 0.486. The first-order valence-corrected chi connectivity index (χ1v) is 15.9. The van der Waals surface area contributed by atoms with Gasteiger partial charge in [-0.15, -0.1) is 0 Å². The molecule has 2 aliphatic heterocycles. The Morgan fingerprint density at radius 3 is 2.73 bits per heavy atom. The van der Waals surface area contributed by atoms with Crippen LogP contribution in [0.25, 0.3) is 15.6 Å². The number of hydrogen-bond acceptors (Lipinski definition) is 7. The summed E-state index contributed by atoms with van der Waals surface area (Å²) in [6, 6.07) is 15.7. The van der Waals surface area contributed by atoms with Gasteiger partial charge in [-0.1, -0.05) is 55.8 Å². The Bertz CT molecular complexity index is 1540. The zero-order chi connectivity index (χ0) is 30.6. The number of aromatic nitrogens is 2. The van der Waals surface area contributed by atoms with Crippen LogP contribution in [0.2, 0.25) is 0 Å². The molecule has 44 heavy (non-hydrogen) atoms. The van der Waals surface area contributed by atoms with E-state index in [1.54, 1.807) is 4.90 Å². The van der Waals surface area contributed by atoms with Gasteiger partial charge in [0.15, 0.2) is 0 Å². The number of rotatable bonds is 8. The van der Waals surface area contributed by atoms with Crippen molar-refractivity contribution in [1.29, 1.82) is 0 Å². The molecule has 230 valence electrons. The van der Waals surface area contributed by atoms with Crippen LogP contribution in [-0.2, 0) is 17.8 Å². The number of anilines is 2. The standard InChI is InChI=1S/C35H43N7O2/c1-5-33(43)42-20-19-41(22-27(42)21-36-2)34-29-17-18-40(32-16-10-13-25-11-6-8-14-28(25)32)23-30(29)37-35(38-34)44-24-26-12-7-9-15-31(26)39(3)4/h5-6,8,10-11,13-14,16,26-27,31H,1,7,9,12,15,17-24H2,3-4H3. The van der Waals surface area contributed by atoms with Gasteiger partial charge in [-0.25, -0.2) is 6.57 Å². The largest absolute Gasteiger partial charge is 0.463 e. The summed E-state index contributed by atoms with van der Waals surface area (Å²) in [5.74, 6) is 1.20. The van der Waals surface area contributed by atoms with Gasteiger partial charge in [0.05, 0.1) is 18.8 Å². The highest BCUT2D eigenvalue weighted by Crippen LogP contribution is 2.35. The van der Waals surface area contributed by atoms with Crippen LogP contribution in [0.15, 0.2) is 55.1 Å². The summed E-state index contributed by atoms with van der Waals surface area (Å²) in [5.41, 5.74) is 3.34. The maximum atomic E-state index is 12.6. The van der Waals surface area contributed by atoms with Crippen LogP contribution in [0.3, 0.4) is 0 Å². The SMILES string of the molecule is [C-]#[N+]CC1CN(c2nc(OCC3CCCCC3N(C)C)nc3c2CCN(c2cccc4ccccc24)C3)CCN1C(=O)C=C. The van der Waals surface area contributed by atoms with E-state index in [4.69, 9.17) is 21.3 Å². The lowest BCUT2D eigenvalue weighted by atomic mass is 9.84. The van der Waals surface area contributed by atoms with E-state index in [0.29, 0.717) is 50.8 Å². The summed E-state index contributed by atoms with van der Waals surface area (Å²) in [4.78, 5) is 35.1. The first-order chi connectivity index (χ1) is 21.5.